The summed E-state index contributed by atoms with van der Waals surface area (Å²) in [7, 11) is 0. The number of halogens is 1. The Hall–Kier alpha value is -1.06. The molecule has 0 aliphatic heterocycles. The van der Waals surface area contributed by atoms with Gasteiger partial charge in [0.25, 0.3) is 0 Å². The average Bonchev–Trinajstić information content (AvgIpc) is 2.86. The maximum absolute atomic E-state index is 12.3. The van der Waals surface area contributed by atoms with E-state index in [2.05, 4.69) is 38.2 Å². The molecule has 3 unspecified atom stereocenters. The van der Waals surface area contributed by atoms with Gasteiger partial charge in [0.15, 0.2) is 0 Å². The summed E-state index contributed by atoms with van der Waals surface area (Å²) in [6.45, 7) is 6.43. The van der Waals surface area contributed by atoms with E-state index < -0.39 is 0 Å². The van der Waals surface area contributed by atoms with Gasteiger partial charge in [-0.15, -0.1) is 12.4 Å². The molecule has 0 radical (unpaired) electrons. The van der Waals surface area contributed by atoms with Crippen LogP contribution < -0.4 is 11.1 Å². The number of carbonyl (C=O) groups is 1. The molecule has 2 rings (SSSR count). The molecule has 1 amide bonds. The van der Waals surface area contributed by atoms with Crippen molar-refractivity contribution in [1.82, 2.24) is 5.32 Å². The van der Waals surface area contributed by atoms with Crippen molar-refractivity contribution in [3.8, 4) is 0 Å². The van der Waals surface area contributed by atoms with Gasteiger partial charge in [0.05, 0.1) is 0 Å². The Morgan fingerprint density at radius 2 is 1.90 bits per heavy atom. The van der Waals surface area contributed by atoms with Crippen LogP contribution in [0, 0.1) is 5.92 Å². The highest BCUT2D eigenvalue weighted by atomic mass is 35.5. The molecule has 0 saturated heterocycles. The van der Waals surface area contributed by atoms with Crippen LogP contribution in [-0.4, -0.2) is 18.0 Å². The highest BCUT2D eigenvalue weighted by Gasteiger charge is 2.33. The molecule has 1 aromatic rings. The monoisotopic (exact) mass is 310 g/mol. The van der Waals surface area contributed by atoms with Crippen LogP contribution in [0.15, 0.2) is 30.3 Å². The lowest BCUT2D eigenvalue weighted by Crippen LogP contribution is -2.47. The lowest BCUT2D eigenvalue weighted by Gasteiger charge is -2.33. The minimum Gasteiger partial charge on any atom is -0.353 e. The molecule has 118 valence electrons. The SMILES string of the molecule is CC(NC(=O)C1CCC(N)C1)C(C)(C)c1ccccc1.Cl. The lowest BCUT2D eigenvalue weighted by molar-refractivity contribution is -0.125. The van der Waals surface area contributed by atoms with E-state index in [4.69, 9.17) is 5.73 Å². The maximum Gasteiger partial charge on any atom is 0.223 e. The molecule has 1 saturated carbocycles. The van der Waals surface area contributed by atoms with Crippen molar-refractivity contribution >= 4 is 18.3 Å². The predicted molar refractivity (Wildman–Crippen MR) is 89.6 cm³/mol. The van der Waals surface area contributed by atoms with Crippen molar-refractivity contribution in [2.45, 2.75) is 57.5 Å². The van der Waals surface area contributed by atoms with Crippen molar-refractivity contribution in [2.75, 3.05) is 0 Å². The van der Waals surface area contributed by atoms with E-state index >= 15 is 0 Å². The van der Waals surface area contributed by atoms with Crippen LogP contribution in [0.3, 0.4) is 0 Å². The fraction of sp³-hybridized carbons (Fsp3) is 0.588. The molecular formula is C17H27ClN2O. The summed E-state index contributed by atoms with van der Waals surface area (Å²) in [4.78, 5) is 12.3. The first-order valence-corrected chi connectivity index (χ1v) is 7.52. The predicted octanol–water partition coefficient (Wildman–Crippen LogP) is 3.02. The van der Waals surface area contributed by atoms with Crippen molar-refractivity contribution in [3.63, 3.8) is 0 Å². The van der Waals surface area contributed by atoms with E-state index in [1.807, 2.05) is 18.2 Å². The molecule has 3 N–H and O–H groups in total. The van der Waals surface area contributed by atoms with Gasteiger partial charge in [-0.2, -0.15) is 0 Å². The third-order valence-electron chi connectivity index (χ3n) is 4.80. The highest BCUT2D eigenvalue weighted by molar-refractivity contribution is 5.85. The van der Waals surface area contributed by atoms with Crippen molar-refractivity contribution < 1.29 is 4.79 Å². The van der Waals surface area contributed by atoms with Gasteiger partial charge in [-0.25, -0.2) is 0 Å². The number of benzene rings is 1. The second-order valence-electron chi connectivity index (χ2n) is 6.59. The molecule has 0 spiro atoms. The normalized spacial score (nSPS) is 23.2. The standard InChI is InChI=1S/C17H26N2O.ClH/c1-12(17(2,3)14-7-5-4-6-8-14)19-16(20)13-9-10-15(18)11-13;/h4-8,12-13,15H,9-11,18H2,1-3H3,(H,19,20);1H. The summed E-state index contributed by atoms with van der Waals surface area (Å²) in [6, 6.07) is 10.6. The first kappa shape index (κ1) is 18.0. The zero-order chi connectivity index (χ0) is 14.8. The van der Waals surface area contributed by atoms with E-state index in [0.717, 1.165) is 19.3 Å². The van der Waals surface area contributed by atoms with Crippen molar-refractivity contribution in [3.05, 3.63) is 35.9 Å². The number of nitrogens with two attached hydrogens (primary N) is 1. The topological polar surface area (TPSA) is 55.1 Å². The molecule has 0 aromatic heterocycles. The van der Waals surface area contributed by atoms with E-state index in [-0.39, 0.29) is 41.7 Å². The Labute approximate surface area is 134 Å². The number of hydrogen-bond acceptors (Lipinski definition) is 2. The van der Waals surface area contributed by atoms with Crippen LogP contribution in [0.2, 0.25) is 0 Å². The van der Waals surface area contributed by atoms with E-state index in [0.29, 0.717) is 0 Å². The first-order chi connectivity index (χ1) is 9.41. The minimum atomic E-state index is -0.0857. The largest absolute Gasteiger partial charge is 0.353 e. The Kier molecular flexibility index (Phi) is 6.24. The van der Waals surface area contributed by atoms with Gasteiger partial charge in [-0.05, 0) is 31.7 Å². The number of nitrogens with one attached hydrogen (secondary N) is 1. The summed E-state index contributed by atoms with van der Waals surface area (Å²) < 4.78 is 0. The third kappa shape index (κ3) is 4.21. The van der Waals surface area contributed by atoms with Crippen molar-refractivity contribution in [2.24, 2.45) is 11.7 Å². The van der Waals surface area contributed by atoms with E-state index in [1.54, 1.807) is 0 Å². The molecule has 3 nitrogen and oxygen atoms in total. The second kappa shape index (κ2) is 7.28. The van der Waals surface area contributed by atoms with Crippen LogP contribution in [0.4, 0.5) is 0 Å². The van der Waals surface area contributed by atoms with Gasteiger partial charge in [-0.1, -0.05) is 44.2 Å². The molecule has 0 heterocycles. The quantitative estimate of drug-likeness (QED) is 0.898. The smallest absolute Gasteiger partial charge is 0.223 e. The number of carbonyl (C=O) groups excluding carboxylic acids is 1. The molecule has 1 aliphatic rings. The van der Waals surface area contributed by atoms with Gasteiger partial charge < -0.3 is 11.1 Å². The van der Waals surface area contributed by atoms with Gasteiger partial charge in [0.2, 0.25) is 5.91 Å². The van der Waals surface area contributed by atoms with Crippen LogP contribution >= 0.6 is 12.4 Å². The number of rotatable bonds is 4. The summed E-state index contributed by atoms with van der Waals surface area (Å²) in [5, 5.41) is 3.19. The summed E-state index contributed by atoms with van der Waals surface area (Å²) >= 11 is 0. The molecular weight excluding hydrogens is 284 g/mol. The molecule has 1 aliphatic carbocycles. The first-order valence-electron chi connectivity index (χ1n) is 7.52. The van der Waals surface area contributed by atoms with E-state index in [9.17, 15) is 4.79 Å². The summed E-state index contributed by atoms with van der Waals surface area (Å²) in [5.41, 5.74) is 7.05. The van der Waals surface area contributed by atoms with Gasteiger partial charge in [0.1, 0.15) is 0 Å². The zero-order valence-corrected chi connectivity index (χ0v) is 14.0. The number of hydrogen-bond donors (Lipinski definition) is 2. The molecule has 4 heteroatoms. The molecule has 0 bridgehead atoms. The Bertz CT molecular complexity index is 461. The van der Waals surface area contributed by atoms with Crippen molar-refractivity contribution in [1.29, 1.82) is 0 Å². The molecule has 1 aromatic carbocycles. The maximum atomic E-state index is 12.3. The Balaban J connectivity index is 0.00000220. The van der Waals surface area contributed by atoms with Gasteiger partial charge in [0, 0.05) is 23.4 Å². The van der Waals surface area contributed by atoms with Crippen LogP contribution in [0.25, 0.3) is 0 Å². The number of amides is 1. The van der Waals surface area contributed by atoms with Crippen LogP contribution in [0.5, 0.6) is 0 Å². The average molecular weight is 311 g/mol. The Morgan fingerprint density at radius 3 is 2.43 bits per heavy atom. The van der Waals surface area contributed by atoms with E-state index in [1.165, 1.54) is 5.56 Å². The zero-order valence-electron chi connectivity index (χ0n) is 13.1. The highest BCUT2D eigenvalue weighted by Crippen LogP contribution is 2.29. The molecule has 3 atom stereocenters. The van der Waals surface area contributed by atoms with Gasteiger partial charge in [-0.3, -0.25) is 4.79 Å². The Morgan fingerprint density at radius 1 is 1.29 bits per heavy atom. The molecule has 1 fully saturated rings. The fourth-order valence-corrected chi connectivity index (χ4v) is 2.88. The fourth-order valence-electron chi connectivity index (χ4n) is 2.88. The van der Waals surface area contributed by atoms with Crippen LogP contribution in [-0.2, 0) is 10.2 Å². The summed E-state index contributed by atoms with van der Waals surface area (Å²) in [5.74, 6) is 0.258. The summed E-state index contributed by atoms with van der Waals surface area (Å²) in [6.07, 6.45) is 2.71. The minimum absolute atomic E-state index is 0. The third-order valence-corrected chi connectivity index (χ3v) is 4.80. The van der Waals surface area contributed by atoms with Crippen LogP contribution in [0.1, 0.15) is 45.6 Å². The molecule has 21 heavy (non-hydrogen) atoms. The lowest BCUT2D eigenvalue weighted by atomic mass is 9.78. The van der Waals surface area contributed by atoms with Gasteiger partial charge >= 0.3 is 0 Å². The second-order valence-corrected chi connectivity index (χ2v) is 6.59.